The van der Waals surface area contributed by atoms with Crippen LogP contribution >= 0.6 is 0 Å². The summed E-state index contributed by atoms with van der Waals surface area (Å²) in [6.45, 7) is 5.60. The number of hydrogen-bond acceptors (Lipinski definition) is 3. The van der Waals surface area contributed by atoms with Crippen LogP contribution in [-0.2, 0) is 12.1 Å². The van der Waals surface area contributed by atoms with E-state index in [1.54, 1.807) is 0 Å². The molecule has 0 fully saturated rings. The summed E-state index contributed by atoms with van der Waals surface area (Å²) in [5.41, 5.74) is 1.58. The Morgan fingerprint density at radius 1 is 1.25 bits per heavy atom. The summed E-state index contributed by atoms with van der Waals surface area (Å²) in [6.07, 6.45) is 2.98. The average molecular weight is 273 g/mol. The molecule has 1 atom stereocenters. The second kappa shape index (κ2) is 6.68. The first-order valence-electron chi connectivity index (χ1n) is 7.11. The topological polar surface area (TPSA) is 50.1 Å². The highest BCUT2D eigenvalue weighted by molar-refractivity contribution is 5.24. The van der Waals surface area contributed by atoms with Crippen LogP contribution in [0.2, 0.25) is 0 Å². The van der Waals surface area contributed by atoms with Gasteiger partial charge in [-0.1, -0.05) is 37.3 Å². The van der Waals surface area contributed by atoms with Gasteiger partial charge in [0.15, 0.2) is 0 Å². The van der Waals surface area contributed by atoms with Gasteiger partial charge in [-0.15, -0.1) is 0 Å². The standard InChI is InChI=1S/C16H23N3O/c1-3-10-17-16(13-20,15-7-5-4-6-8-15)12-19-11-9-14(2)18-19/h4-9,11,17,20H,3,10,12-13H2,1-2H3. The van der Waals surface area contributed by atoms with Gasteiger partial charge < -0.3 is 10.4 Å². The van der Waals surface area contributed by atoms with Crippen molar-refractivity contribution in [3.05, 3.63) is 53.9 Å². The SMILES string of the molecule is CCCNC(CO)(Cn1ccc(C)n1)c1ccccc1. The minimum Gasteiger partial charge on any atom is -0.394 e. The zero-order valence-electron chi connectivity index (χ0n) is 12.2. The molecule has 2 aromatic rings. The van der Waals surface area contributed by atoms with Crippen LogP contribution in [0, 0.1) is 6.92 Å². The largest absolute Gasteiger partial charge is 0.394 e. The van der Waals surface area contributed by atoms with E-state index in [2.05, 4.69) is 29.5 Å². The molecule has 0 radical (unpaired) electrons. The van der Waals surface area contributed by atoms with Gasteiger partial charge in [-0.25, -0.2) is 0 Å². The molecule has 1 aromatic carbocycles. The van der Waals surface area contributed by atoms with Crippen LogP contribution in [0.25, 0.3) is 0 Å². The molecule has 0 saturated carbocycles. The van der Waals surface area contributed by atoms with Crippen LogP contribution in [0.1, 0.15) is 24.6 Å². The number of aryl methyl sites for hydroxylation is 1. The van der Waals surface area contributed by atoms with E-state index in [9.17, 15) is 5.11 Å². The molecule has 20 heavy (non-hydrogen) atoms. The molecule has 0 saturated heterocycles. The molecule has 0 bridgehead atoms. The zero-order chi connectivity index (χ0) is 14.4. The number of nitrogens with zero attached hydrogens (tertiary/aromatic N) is 2. The molecule has 108 valence electrons. The van der Waals surface area contributed by atoms with Crippen molar-refractivity contribution in [1.82, 2.24) is 15.1 Å². The lowest BCUT2D eigenvalue weighted by molar-refractivity contribution is 0.138. The minimum absolute atomic E-state index is 0.0376. The number of aliphatic hydroxyl groups is 1. The van der Waals surface area contributed by atoms with Crippen molar-refractivity contribution in [2.75, 3.05) is 13.2 Å². The van der Waals surface area contributed by atoms with Crippen molar-refractivity contribution in [3.63, 3.8) is 0 Å². The number of rotatable bonds is 7. The Balaban J connectivity index is 2.31. The molecule has 1 unspecified atom stereocenters. The Labute approximate surface area is 120 Å². The van der Waals surface area contributed by atoms with Crippen molar-refractivity contribution in [2.24, 2.45) is 0 Å². The lowest BCUT2D eigenvalue weighted by atomic mass is 9.90. The van der Waals surface area contributed by atoms with Gasteiger partial charge in [0.05, 0.1) is 24.4 Å². The predicted molar refractivity (Wildman–Crippen MR) is 80.5 cm³/mol. The predicted octanol–water partition coefficient (Wildman–Crippen LogP) is 2.08. The van der Waals surface area contributed by atoms with Crippen LogP contribution in [0.5, 0.6) is 0 Å². The first kappa shape index (κ1) is 14.8. The van der Waals surface area contributed by atoms with E-state index >= 15 is 0 Å². The Bertz CT molecular complexity index is 524. The average Bonchev–Trinajstić information content (AvgIpc) is 2.89. The number of hydrogen-bond donors (Lipinski definition) is 2. The number of aromatic nitrogens is 2. The highest BCUT2D eigenvalue weighted by Gasteiger charge is 2.31. The number of nitrogens with one attached hydrogen (secondary N) is 1. The molecular weight excluding hydrogens is 250 g/mol. The summed E-state index contributed by atoms with van der Waals surface area (Å²) < 4.78 is 1.89. The van der Waals surface area contributed by atoms with Gasteiger partial charge in [0.25, 0.3) is 0 Å². The van der Waals surface area contributed by atoms with Crippen molar-refractivity contribution < 1.29 is 5.11 Å². The molecule has 2 rings (SSSR count). The second-order valence-electron chi connectivity index (χ2n) is 5.19. The van der Waals surface area contributed by atoms with E-state index < -0.39 is 5.54 Å². The molecule has 1 heterocycles. The third kappa shape index (κ3) is 3.26. The van der Waals surface area contributed by atoms with Crippen molar-refractivity contribution in [1.29, 1.82) is 0 Å². The molecule has 0 aliphatic carbocycles. The molecular formula is C16H23N3O. The van der Waals surface area contributed by atoms with E-state index in [0.29, 0.717) is 6.54 Å². The van der Waals surface area contributed by atoms with E-state index in [0.717, 1.165) is 24.2 Å². The van der Waals surface area contributed by atoms with Gasteiger partial charge in [-0.05, 0) is 31.5 Å². The van der Waals surface area contributed by atoms with Gasteiger partial charge >= 0.3 is 0 Å². The highest BCUT2D eigenvalue weighted by atomic mass is 16.3. The van der Waals surface area contributed by atoms with Crippen LogP contribution in [0.3, 0.4) is 0 Å². The lowest BCUT2D eigenvalue weighted by Crippen LogP contribution is -2.49. The van der Waals surface area contributed by atoms with Gasteiger partial charge in [0, 0.05) is 6.20 Å². The van der Waals surface area contributed by atoms with Gasteiger partial charge in [-0.3, -0.25) is 4.68 Å². The third-order valence-electron chi connectivity index (χ3n) is 3.52. The van der Waals surface area contributed by atoms with E-state index in [1.165, 1.54) is 0 Å². The summed E-state index contributed by atoms with van der Waals surface area (Å²) in [5.74, 6) is 0. The van der Waals surface area contributed by atoms with Crippen molar-refractivity contribution in [3.8, 4) is 0 Å². The first-order valence-corrected chi connectivity index (χ1v) is 7.11. The van der Waals surface area contributed by atoms with Crippen LogP contribution in [0.4, 0.5) is 0 Å². The smallest absolute Gasteiger partial charge is 0.0867 e. The molecule has 0 amide bonds. The fourth-order valence-corrected chi connectivity index (χ4v) is 2.40. The molecule has 0 aliphatic rings. The van der Waals surface area contributed by atoms with Crippen LogP contribution in [-0.4, -0.2) is 28.0 Å². The van der Waals surface area contributed by atoms with Crippen molar-refractivity contribution >= 4 is 0 Å². The summed E-state index contributed by atoms with van der Waals surface area (Å²) in [7, 11) is 0. The first-order chi connectivity index (χ1) is 9.70. The monoisotopic (exact) mass is 273 g/mol. The molecule has 2 N–H and O–H groups in total. The second-order valence-corrected chi connectivity index (χ2v) is 5.19. The fourth-order valence-electron chi connectivity index (χ4n) is 2.40. The maximum atomic E-state index is 10.0. The number of aliphatic hydroxyl groups excluding tert-OH is 1. The Morgan fingerprint density at radius 3 is 2.55 bits per heavy atom. The summed E-state index contributed by atoms with van der Waals surface area (Å²) >= 11 is 0. The van der Waals surface area contributed by atoms with Gasteiger partial charge in [0.2, 0.25) is 0 Å². The van der Waals surface area contributed by atoms with Gasteiger partial charge in [0.1, 0.15) is 0 Å². The third-order valence-corrected chi connectivity index (χ3v) is 3.52. The van der Waals surface area contributed by atoms with Crippen molar-refractivity contribution in [2.45, 2.75) is 32.4 Å². The van der Waals surface area contributed by atoms with E-state index in [1.807, 2.05) is 42.1 Å². The molecule has 0 spiro atoms. The Hall–Kier alpha value is -1.65. The fraction of sp³-hybridized carbons (Fsp3) is 0.438. The molecule has 0 aliphatic heterocycles. The minimum atomic E-state index is -0.490. The number of benzene rings is 1. The lowest BCUT2D eigenvalue weighted by Gasteiger charge is -2.33. The summed E-state index contributed by atoms with van der Waals surface area (Å²) in [5, 5.41) is 18.0. The molecule has 4 nitrogen and oxygen atoms in total. The van der Waals surface area contributed by atoms with Crippen LogP contribution in [0.15, 0.2) is 42.6 Å². The van der Waals surface area contributed by atoms with E-state index in [-0.39, 0.29) is 6.61 Å². The maximum absolute atomic E-state index is 10.0. The zero-order valence-corrected chi connectivity index (χ0v) is 12.2. The van der Waals surface area contributed by atoms with Crippen LogP contribution < -0.4 is 5.32 Å². The molecule has 1 aromatic heterocycles. The quantitative estimate of drug-likeness (QED) is 0.812. The maximum Gasteiger partial charge on any atom is 0.0867 e. The summed E-state index contributed by atoms with van der Waals surface area (Å²) in [6, 6.07) is 12.1. The normalized spacial score (nSPS) is 14.2. The Morgan fingerprint density at radius 2 is 2.00 bits per heavy atom. The van der Waals surface area contributed by atoms with E-state index in [4.69, 9.17) is 0 Å². The highest BCUT2D eigenvalue weighted by Crippen LogP contribution is 2.23. The van der Waals surface area contributed by atoms with Gasteiger partial charge in [-0.2, -0.15) is 5.10 Å². The Kier molecular flexibility index (Phi) is 4.93. The summed E-state index contributed by atoms with van der Waals surface area (Å²) in [4.78, 5) is 0. The molecule has 4 heteroatoms.